The van der Waals surface area contributed by atoms with Crippen LogP contribution >= 0.6 is 0 Å². The average molecular weight is 369 g/mol. The van der Waals surface area contributed by atoms with Crippen molar-refractivity contribution in [2.45, 2.75) is 52.7 Å². The van der Waals surface area contributed by atoms with E-state index in [0.717, 1.165) is 31.3 Å². The van der Waals surface area contributed by atoms with E-state index in [9.17, 15) is 0 Å². The molecule has 1 N–H and O–H groups in total. The number of imidazole rings is 1. The van der Waals surface area contributed by atoms with Crippen molar-refractivity contribution in [2.75, 3.05) is 26.7 Å². The molecule has 1 aromatic carbocycles. The Balaban J connectivity index is 1.48. The first kappa shape index (κ1) is 18.5. The summed E-state index contributed by atoms with van der Waals surface area (Å²) in [6.07, 6.45) is 4.49. The van der Waals surface area contributed by atoms with Gasteiger partial charge in [-0.05, 0) is 62.3 Å². The van der Waals surface area contributed by atoms with Crippen molar-refractivity contribution in [2.24, 2.45) is 5.92 Å². The van der Waals surface area contributed by atoms with Crippen LogP contribution in [-0.2, 0) is 13.1 Å². The number of H-pyrrole nitrogens is 1. The first-order chi connectivity index (χ1) is 13.0. The van der Waals surface area contributed by atoms with Gasteiger partial charge in [0.05, 0.1) is 19.1 Å². The molecule has 4 heterocycles. The summed E-state index contributed by atoms with van der Waals surface area (Å²) in [7, 11) is 1.75. The van der Waals surface area contributed by atoms with E-state index in [1.54, 1.807) is 7.11 Å². The van der Waals surface area contributed by atoms with E-state index >= 15 is 0 Å². The van der Waals surface area contributed by atoms with Crippen LogP contribution in [0, 0.1) is 26.7 Å². The third-order valence-electron chi connectivity index (χ3n) is 6.44. The number of hydrogen-bond acceptors (Lipinski definition) is 4. The van der Waals surface area contributed by atoms with Crippen LogP contribution in [0.3, 0.4) is 0 Å². The Kier molecular flexibility index (Phi) is 5.24. The molecule has 0 amide bonds. The molecule has 5 heteroatoms. The van der Waals surface area contributed by atoms with E-state index in [1.807, 2.05) is 6.33 Å². The Morgan fingerprint density at radius 1 is 1.07 bits per heavy atom. The summed E-state index contributed by atoms with van der Waals surface area (Å²) in [6, 6.07) is 5.15. The normalized spacial score (nSPS) is 23.6. The first-order valence-electron chi connectivity index (χ1n) is 10.1. The lowest BCUT2D eigenvalue weighted by Crippen LogP contribution is -2.43. The highest BCUT2D eigenvalue weighted by atomic mass is 16.5. The first-order valence-corrected chi connectivity index (χ1v) is 10.1. The average Bonchev–Trinajstić information content (AvgIpc) is 2.86. The molecule has 2 aromatic rings. The maximum absolute atomic E-state index is 5.48. The molecule has 2 atom stereocenters. The number of benzene rings is 1. The number of nitrogens with one attached hydrogen (secondary N) is 1. The van der Waals surface area contributed by atoms with Crippen molar-refractivity contribution >= 4 is 0 Å². The lowest BCUT2D eigenvalue weighted by Gasteiger charge is -2.36. The maximum atomic E-state index is 5.48. The van der Waals surface area contributed by atoms with Gasteiger partial charge in [-0.2, -0.15) is 0 Å². The molecule has 146 valence electrons. The van der Waals surface area contributed by atoms with Gasteiger partial charge < -0.3 is 9.72 Å². The van der Waals surface area contributed by atoms with E-state index in [0.29, 0.717) is 6.04 Å². The lowest BCUT2D eigenvalue weighted by atomic mass is 9.94. The molecule has 5 nitrogen and oxygen atoms in total. The van der Waals surface area contributed by atoms with Crippen LogP contribution in [0.4, 0.5) is 0 Å². The monoisotopic (exact) mass is 368 g/mol. The molecule has 3 saturated heterocycles. The van der Waals surface area contributed by atoms with Crippen LogP contribution in [0.15, 0.2) is 18.5 Å². The van der Waals surface area contributed by atoms with Gasteiger partial charge in [0.25, 0.3) is 0 Å². The van der Waals surface area contributed by atoms with Gasteiger partial charge in [0.1, 0.15) is 5.75 Å². The highest BCUT2D eigenvalue weighted by Gasteiger charge is 2.35. The fourth-order valence-electron chi connectivity index (χ4n) is 4.82. The number of aryl methyl sites for hydroxylation is 3. The molecule has 3 fully saturated rings. The van der Waals surface area contributed by atoms with Crippen molar-refractivity contribution < 1.29 is 4.74 Å². The maximum Gasteiger partial charge on any atom is 0.122 e. The number of rotatable bonds is 5. The van der Waals surface area contributed by atoms with Gasteiger partial charge in [0, 0.05) is 44.5 Å². The van der Waals surface area contributed by atoms with Gasteiger partial charge in [0.15, 0.2) is 0 Å². The molecule has 3 aliphatic heterocycles. The van der Waals surface area contributed by atoms with Crippen molar-refractivity contribution in [1.82, 2.24) is 19.8 Å². The van der Waals surface area contributed by atoms with E-state index in [4.69, 9.17) is 4.74 Å². The van der Waals surface area contributed by atoms with Crippen molar-refractivity contribution in [3.05, 3.63) is 46.5 Å². The molecular weight excluding hydrogens is 336 g/mol. The Morgan fingerprint density at radius 3 is 2.67 bits per heavy atom. The number of ether oxygens (including phenoxy) is 1. The second-order valence-electron chi connectivity index (χ2n) is 8.44. The minimum absolute atomic E-state index is 0.643. The highest BCUT2D eigenvalue weighted by Crippen LogP contribution is 2.31. The van der Waals surface area contributed by atoms with E-state index in [-0.39, 0.29) is 0 Å². The van der Waals surface area contributed by atoms with Gasteiger partial charge >= 0.3 is 0 Å². The summed E-state index contributed by atoms with van der Waals surface area (Å²) in [6.45, 7) is 12.0. The van der Waals surface area contributed by atoms with Gasteiger partial charge in [0.2, 0.25) is 0 Å². The minimum atomic E-state index is 0.643. The van der Waals surface area contributed by atoms with Crippen LogP contribution in [0.5, 0.6) is 5.75 Å². The molecule has 0 spiro atoms. The minimum Gasteiger partial charge on any atom is -0.496 e. The van der Waals surface area contributed by atoms with Gasteiger partial charge in [-0.25, -0.2) is 4.98 Å². The second kappa shape index (κ2) is 7.64. The third kappa shape index (κ3) is 3.90. The number of piperidine rings is 1. The Hall–Kier alpha value is -1.85. The van der Waals surface area contributed by atoms with Crippen molar-refractivity contribution in [3.63, 3.8) is 0 Å². The molecule has 1 aromatic heterocycles. The van der Waals surface area contributed by atoms with Crippen LogP contribution in [0.2, 0.25) is 0 Å². The second-order valence-corrected chi connectivity index (χ2v) is 8.44. The van der Waals surface area contributed by atoms with Crippen LogP contribution in [-0.4, -0.2) is 52.6 Å². The highest BCUT2D eigenvalue weighted by molar-refractivity contribution is 5.41. The van der Waals surface area contributed by atoms with E-state index in [2.05, 4.69) is 52.7 Å². The summed E-state index contributed by atoms with van der Waals surface area (Å²) < 4.78 is 5.48. The largest absolute Gasteiger partial charge is 0.496 e. The third-order valence-corrected chi connectivity index (χ3v) is 6.44. The molecule has 5 rings (SSSR count). The Morgan fingerprint density at radius 2 is 1.93 bits per heavy atom. The van der Waals surface area contributed by atoms with Crippen LogP contribution in [0.25, 0.3) is 0 Å². The van der Waals surface area contributed by atoms with Gasteiger partial charge in [-0.15, -0.1) is 0 Å². The van der Waals surface area contributed by atoms with Gasteiger partial charge in [-0.3, -0.25) is 9.80 Å². The Bertz CT molecular complexity index is 800. The molecule has 0 saturated carbocycles. The number of hydrogen-bond donors (Lipinski definition) is 1. The number of nitrogens with zero attached hydrogens (tertiary/aromatic N) is 3. The summed E-state index contributed by atoms with van der Waals surface area (Å²) in [5.41, 5.74) is 6.41. The smallest absolute Gasteiger partial charge is 0.122 e. The summed E-state index contributed by atoms with van der Waals surface area (Å²) >= 11 is 0. The molecule has 2 bridgehead atoms. The fourth-order valence-corrected chi connectivity index (χ4v) is 4.82. The number of aromatic nitrogens is 2. The molecule has 0 unspecified atom stereocenters. The molecule has 27 heavy (non-hydrogen) atoms. The summed E-state index contributed by atoms with van der Waals surface area (Å²) in [5, 5.41) is 0. The van der Waals surface area contributed by atoms with Crippen LogP contribution < -0.4 is 4.74 Å². The van der Waals surface area contributed by atoms with Gasteiger partial charge in [-0.1, -0.05) is 6.07 Å². The lowest BCUT2D eigenvalue weighted by molar-refractivity contribution is 0.123. The van der Waals surface area contributed by atoms with E-state index in [1.165, 1.54) is 54.0 Å². The summed E-state index contributed by atoms with van der Waals surface area (Å²) in [5.74, 6) is 1.76. The fraction of sp³-hybridized carbons (Fsp3) is 0.591. The quantitative estimate of drug-likeness (QED) is 0.878. The number of fused-ring (bicyclic) bond motifs is 4. The topological polar surface area (TPSA) is 44.4 Å². The zero-order valence-electron chi connectivity index (χ0n) is 17.1. The number of methoxy groups -OCH3 is 1. The predicted octanol–water partition coefficient (Wildman–Crippen LogP) is 3.44. The summed E-state index contributed by atoms with van der Waals surface area (Å²) in [4.78, 5) is 13.1. The molecule has 3 aliphatic rings. The van der Waals surface area contributed by atoms with E-state index < -0.39 is 0 Å². The predicted molar refractivity (Wildman–Crippen MR) is 108 cm³/mol. The Labute approximate surface area is 162 Å². The molecule has 0 aliphatic carbocycles. The van der Waals surface area contributed by atoms with Crippen LogP contribution in [0.1, 0.15) is 40.9 Å². The zero-order valence-corrected chi connectivity index (χ0v) is 17.1. The molecule has 0 radical (unpaired) electrons. The standard InChI is InChI=1S/C22H32N4O/c1-15-8-22(27-4)16(2)7-19(15)11-26-10-18-5-6-20(26)12-25(9-18)13-21-17(3)23-14-24-21/h7-8,14,18,20H,5-6,9-13H2,1-4H3,(H,23,24)/t18-,20+/m1/s1. The molecular formula is C22H32N4O. The zero-order chi connectivity index (χ0) is 19.0. The number of aromatic amines is 1. The van der Waals surface area contributed by atoms with Crippen molar-refractivity contribution in [3.8, 4) is 5.75 Å². The SMILES string of the molecule is COc1cc(C)c(CN2C[C@@H]3CC[C@H]2CN(Cc2nc[nH]c2C)C3)cc1C. The van der Waals surface area contributed by atoms with Crippen molar-refractivity contribution in [1.29, 1.82) is 0 Å².